The van der Waals surface area contributed by atoms with Crippen LogP contribution in [0, 0.1) is 12.3 Å². The number of carbonyl (C=O) groups excluding carboxylic acids is 1. The van der Waals surface area contributed by atoms with Gasteiger partial charge in [-0.3, -0.25) is 9.48 Å². The number of hydrogen-bond acceptors (Lipinski definition) is 2. The highest BCUT2D eigenvalue weighted by molar-refractivity contribution is 5.77. The van der Waals surface area contributed by atoms with Crippen LogP contribution in [0.15, 0.2) is 17.7 Å². The molecule has 4 heteroatoms. The van der Waals surface area contributed by atoms with Gasteiger partial charge in [0.15, 0.2) is 0 Å². The van der Waals surface area contributed by atoms with Gasteiger partial charge >= 0.3 is 0 Å². The lowest BCUT2D eigenvalue weighted by Crippen LogP contribution is -2.44. The number of hydrogen-bond donors (Lipinski definition) is 0. The summed E-state index contributed by atoms with van der Waals surface area (Å²) < 4.78 is 1.89. The Kier molecular flexibility index (Phi) is 5.09. The first kappa shape index (κ1) is 16.8. The van der Waals surface area contributed by atoms with Crippen LogP contribution < -0.4 is 0 Å². The number of nitrogens with zero attached hydrogens (tertiary/aromatic N) is 3. The summed E-state index contributed by atoms with van der Waals surface area (Å²) in [6.07, 6.45) is 6.22. The molecule has 1 aliphatic heterocycles. The summed E-state index contributed by atoms with van der Waals surface area (Å²) in [6.45, 7) is 10.1. The van der Waals surface area contributed by atoms with Crippen LogP contribution in [0.1, 0.15) is 57.8 Å². The number of rotatable bonds is 5. The van der Waals surface area contributed by atoms with Crippen molar-refractivity contribution in [2.24, 2.45) is 12.5 Å². The third-order valence-electron chi connectivity index (χ3n) is 4.62. The number of piperidine rings is 1. The first-order chi connectivity index (χ1) is 10.3. The van der Waals surface area contributed by atoms with Crippen LogP contribution in [0.2, 0.25) is 0 Å². The quantitative estimate of drug-likeness (QED) is 0.779. The van der Waals surface area contributed by atoms with Gasteiger partial charge in [0, 0.05) is 20.0 Å². The van der Waals surface area contributed by atoms with Gasteiger partial charge in [-0.25, -0.2) is 0 Å². The van der Waals surface area contributed by atoms with E-state index in [-0.39, 0.29) is 11.3 Å². The van der Waals surface area contributed by atoms with Crippen LogP contribution in [0.4, 0.5) is 0 Å². The van der Waals surface area contributed by atoms with Gasteiger partial charge < -0.3 is 4.90 Å². The van der Waals surface area contributed by atoms with Crippen LogP contribution in [0.3, 0.4) is 0 Å². The molecule has 0 N–H and O–H groups in total. The molecule has 1 aliphatic rings. The second-order valence-corrected chi connectivity index (χ2v) is 7.28. The predicted molar refractivity (Wildman–Crippen MR) is 89.4 cm³/mol. The van der Waals surface area contributed by atoms with E-state index in [2.05, 4.69) is 38.0 Å². The van der Waals surface area contributed by atoms with Gasteiger partial charge in [0.25, 0.3) is 0 Å². The second kappa shape index (κ2) is 6.67. The zero-order valence-corrected chi connectivity index (χ0v) is 14.6. The molecule has 1 unspecified atom stereocenters. The van der Waals surface area contributed by atoms with Crippen molar-refractivity contribution in [3.63, 3.8) is 0 Å². The molecule has 0 spiro atoms. The number of amides is 1. The van der Waals surface area contributed by atoms with Crippen molar-refractivity contribution in [3.05, 3.63) is 29.1 Å². The Bertz CT molecular complexity index is 569. The van der Waals surface area contributed by atoms with Crippen molar-refractivity contribution in [1.82, 2.24) is 14.7 Å². The lowest BCUT2D eigenvalue weighted by atomic mass is 9.77. The maximum atomic E-state index is 12.3. The van der Waals surface area contributed by atoms with Gasteiger partial charge in [0.1, 0.15) is 0 Å². The lowest BCUT2D eigenvalue weighted by molar-refractivity contribution is -0.138. The summed E-state index contributed by atoms with van der Waals surface area (Å²) in [5.74, 6) is 0.276. The Balaban J connectivity index is 2.02. The monoisotopic (exact) mass is 303 g/mol. The number of likely N-dealkylation sites (tertiary alicyclic amines) is 1. The summed E-state index contributed by atoms with van der Waals surface area (Å²) in [6, 6.07) is 2.07. The molecule has 22 heavy (non-hydrogen) atoms. The molecule has 0 aliphatic carbocycles. The topological polar surface area (TPSA) is 38.1 Å². The summed E-state index contributed by atoms with van der Waals surface area (Å²) in [5, 5.41) is 4.38. The number of allylic oxidation sites excluding steroid dienone is 2. The normalized spacial score (nSPS) is 22.0. The molecule has 1 fully saturated rings. The molecule has 0 radical (unpaired) electrons. The minimum Gasteiger partial charge on any atom is -0.336 e. The fourth-order valence-corrected chi connectivity index (χ4v) is 3.26. The summed E-state index contributed by atoms with van der Waals surface area (Å²) in [5.41, 5.74) is 3.72. The summed E-state index contributed by atoms with van der Waals surface area (Å²) >= 11 is 0. The van der Waals surface area contributed by atoms with E-state index in [0.29, 0.717) is 13.0 Å². The largest absolute Gasteiger partial charge is 0.336 e. The minimum atomic E-state index is 0.230. The van der Waals surface area contributed by atoms with E-state index in [1.165, 1.54) is 5.57 Å². The van der Waals surface area contributed by atoms with Crippen molar-refractivity contribution in [3.8, 4) is 0 Å². The van der Waals surface area contributed by atoms with Crippen LogP contribution in [0.5, 0.6) is 0 Å². The van der Waals surface area contributed by atoms with E-state index in [9.17, 15) is 4.79 Å². The molecule has 2 rings (SSSR count). The molecule has 1 atom stereocenters. The maximum Gasteiger partial charge on any atom is 0.222 e. The molecular weight excluding hydrogens is 274 g/mol. The highest BCUT2D eigenvalue weighted by Gasteiger charge is 2.34. The Morgan fingerprint density at radius 1 is 1.45 bits per heavy atom. The number of aromatic nitrogens is 2. The van der Waals surface area contributed by atoms with Gasteiger partial charge in [0.05, 0.1) is 17.9 Å². The smallest absolute Gasteiger partial charge is 0.222 e. The van der Waals surface area contributed by atoms with E-state index < -0.39 is 0 Å². The third-order valence-corrected chi connectivity index (χ3v) is 4.62. The standard InChI is InChI=1S/C18H29N3O/c1-14(2)7-6-9-18(4)10-8-17(22)21(13-18)12-16-11-15(3)19-20(16)5/h7,11H,6,8-10,12-13H2,1-5H3. The molecule has 4 nitrogen and oxygen atoms in total. The predicted octanol–water partition coefficient (Wildman–Crippen LogP) is 3.60. The molecule has 2 heterocycles. The fourth-order valence-electron chi connectivity index (χ4n) is 3.26. The third kappa shape index (κ3) is 4.21. The second-order valence-electron chi connectivity index (χ2n) is 7.28. The highest BCUT2D eigenvalue weighted by atomic mass is 16.2. The average Bonchev–Trinajstić information content (AvgIpc) is 2.72. The van der Waals surface area contributed by atoms with Gasteiger partial charge in [0.2, 0.25) is 5.91 Å². The Morgan fingerprint density at radius 2 is 2.18 bits per heavy atom. The minimum absolute atomic E-state index is 0.230. The molecular formula is C18H29N3O. The van der Waals surface area contributed by atoms with Gasteiger partial charge in [-0.2, -0.15) is 5.10 Å². The molecule has 1 aromatic rings. The van der Waals surface area contributed by atoms with Gasteiger partial charge in [-0.05, 0) is 51.5 Å². The van der Waals surface area contributed by atoms with E-state index in [1.54, 1.807) is 0 Å². The molecule has 0 aromatic carbocycles. The Labute approximate surface area is 134 Å². The summed E-state index contributed by atoms with van der Waals surface area (Å²) in [4.78, 5) is 14.3. The highest BCUT2D eigenvalue weighted by Crippen LogP contribution is 2.35. The van der Waals surface area contributed by atoms with E-state index >= 15 is 0 Å². The average molecular weight is 303 g/mol. The van der Waals surface area contributed by atoms with Crippen molar-refractivity contribution >= 4 is 5.91 Å². The van der Waals surface area contributed by atoms with E-state index in [4.69, 9.17) is 0 Å². The van der Waals surface area contributed by atoms with Crippen LogP contribution in [-0.2, 0) is 18.4 Å². The molecule has 0 saturated carbocycles. The number of carbonyl (C=O) groups is 1. The zero-order chi connectivity index (χ0) is 16.3. The SMILES string of the molecule is CC(C)=CCCC1(C)CCC(=O)N(Cc2cc(C)nn2C)C1. The van der Waals surface area contributed by atoms with Crippen molar-refractivity contribution < 1.29 is 4.79 Å². The zero-order valence-electron chi connectivity index (χ0n) is 14.6. The number of aryl methyl sites for hydroxylation is 2. The maximum absolute atomic E-state index is 12.3. The van der Waals surface area contributed by atoms with Crippen molar-refractivity contribution in [2.45, 2.75) is 59.9 Å². The van der Waals surface area contributed by atoms with Crippen LogP contribution in [-0.4, -0.2) is 27.1 Å². The van der Waals surface area contributed by atoms with Gasteiger partial charge in [-0.1, -0.05) is 18.6 Å². The van der Waals surface area contributed by atoms with E-state index in [1.807, 2.05) is 23.6 Å². The molecule has 1 aromatic heterocycles. The molecule has 122 valence electrons. The molecule has 0 bridgehead atoms. The lowest BCUT2D eigenvalue weighted by Gasteiger charge is -2.40. The summed E-state index contributed by atoms with van der Waals surface area (Å²) in [7, 11) is 1.95. The van der Waals surface area contributed by atoms with Crippen LogP contribution >= 0.6 is 0 Å². The molecule has 1 amide bonds. The van der Waals surface area contributed by atoms with Crippen LogP contribution in [0.25, 0.3) is 0 Å². The fraction of sp³-hybridized carbons (Fsp3) is 0.667. The van der Waals surface area contributed by atoms with E-state index in [0.717, 1.165) is 37.2 Å². The van der Waals surface area contributed by atoms with Crippen molar-refractivity contribution in [1.29, 1.82) is 0 Å². The Hall–Kier alpha value is -1.58. The first-order valence-electron chi connectivity index (χ1n) is 8.20. The molecule has 1 saturated heterocycles. The van der Waals surface area contributed by atoms with Crippen molar-refractivity contribution in [2.75, 3.05) is 6.54 Å². The first-order valence-corrected chi connectivity index (χ1v) is 8.20. The Morgan fingerprint density at radius 3 is 2.77 bits per heavy atom. The van der Waals surface area contributed by atoms with Gasteiger partial charge in [-0.15, -0.1) is 0 Å².